The zero-order valence-electron chi connectivity index (χ0n) is 12.7. The number of phenols is 1. The summed E-state index contributed by atoms with van der Waals surface area (Å²) in [5.41, 5.74) is 2.23. The van der Waals surface area contributed by atoms with E-state index >= 15 is 0 Å². The number of benzene rings is 1. The third kappa shape index (κ3) is 2.67. The van der Waals surface area contributed by atoms with Crippen molar-refractivity contribution in [1.82, 2.24) is 10.2 Å². The fourth-order valence-corrected chi connectivity index (χ4v) is 3.59. The molecule has 0 aliphatic carbocycles. The van der Waals surface area contributed by atoms with E-state index in [0.29, 0.717) is 6.54 Å². The van der Waals surface area contributed by atoms with Crippen molar-refractivity contribution < 1.29 is 9.90 Å². The van der Waals surface area contributed by atoms with Crippen LogP contribution in [0.3, 0.4) is 0 Å². The average Bonchev–Trinajstić information content (AvgIpc) is 3.17. The predicted molar refractivity (Wildman–Crippen MR) is 82.3 cm³/mol. The Morgan fingerprint density at radius 1 is 1.50 bits per heavy atom. The Kier molecular flexibility index (Phi) is 4.04. The molecule has 0 unspecified atom stereocenters. The lowest BCUT2D eigenvalue weighted by Gasteiger charge is -2.23. The van der Waals surface area contributed by atoms with Crippen LogP contribution < -0.4 is 5.32 Å². The summed E-state index contributed by atoms with van der Waals surface area (Å²) < 4.78 is 0. The van der Waals surface area contributed by atoms with Crippen molar-refractivity contribution in [3.8, 4) is 11.8 Å². The van der Waals surface area contributed by atoms with Crippen molar-refractivity contribution in [2.45, 2.75) is 44.2 Å². The van der Waals surface area contributed by atoms with Crippen molar-refractivity contribution in [2.24, 2.45) is 0 Å². The molecule has 2 fully saturated rings. The molecule has 5 heteroatoms. The highest BCUT2D eigenvalue weighted by molar-refractivity contribution is 5.83. The molecule has 2 aliphatic heterocycles. The van der Waals surface area contributed by atoms with Crippen molar-refractivity contribution in [3.63, 3.8) is 0 Å². The normalized spacial score (nSPS) is 27.8. The van der Waals surface area contributed by atoms with Gasteiger partial charge in [-0.3, -0.25) is 4.79 Å². The average molecular weight is 299 g/mol. The Morgan fingerprint density at radius 2 is 2.32 bits per heavy atom. The summed E-state index contributed by atoms with van der Waals surface area (Å²) in [5, 5.41) is 22.1. The first kappa shape index (κ1) is 14.9. The molecule has 2 heterocycles. The quantitative estimate of drug-likeness (QED) is 0.871. The minimum Gasteiger partial charge on any atom is -0.508 e. The maximum atomic E-state index is 12.6. The number of aromatic hydroxyl groups is 1. The summed E-state index contributed by atoms with van der Waals surface area (Å²) in [5.74, 6) is 0.535. The molecule has 0 spiro atoms. The van der Waals surface area contributed by atoms with Crippen molar-refractivity contribution in [3.05, 3.63) is 29.3 Å². The number of nitrogens with zero attached hydrogens (tertiary/aromatic N) is 2. The number of aryl methyl sites for hydroxylation is 1. The van der Waals surface area contributed by atoms with Gasteiger partial charge in [-0.15, -0.1) is 0 Å². The van der Waals surface area contributed by atoms with Crippen molar-refractivity contribution >= 4 is 5.91 Å². The Bertz CT molecular complexity index is 623. The molecule has 116 valence electrons. The topological polar surface area (TPSA) is 76.4 Å². The van der Waals surface area contributed by atoms with E-state index in [1.54, 1.807) is 17.0 Å². The van der Waals surface area contributed by atoms with Gasteiger partial charge in [0.2, 0.25) is 5.91 Å². The Balaban J connectivity index is 1.71. The van der Waals surface area contributed by atoms with Crippen LogP contribution in [-0.4, -0.2) is 41.1 Å². The molecule has 3 rings (SSSR count). The van der Waals surface area contributed by atoms with Gasteiger partial charge in [-0.05, 0) is 55.4 Å². The maximum Gasteiger partial charge on any atom is 0.240 e. The number of likely N-dealkylation sites (tertiary alicyclic amines) is 1. The highest BCUT2D eigenvalue weighted by Gasteiger charge is 2.37. The second-order valence-electron chi connectivity index (χ2n) is 6.25. The number of carbonyl (C=O) groups excluding carboxylic acids is 1. The van der Waals surface area contributed by atoms with E-state index in [1.165, 1.54) is 0 Å². The monoisotopic (exact) mass is 299 g/mol. The molecule has 5 nitrogen and oxygen atoms in total. The molecule has 22 heavy (non-hydrogen) atoms. The second kappa shape index (κ2) is 5.98. The number of nitrogens with one attached hydrogen (secondary N) is 1. The van der Waals surface area contributed by atoms with Crippen LogP contribution >= 0.6 is 0 Å². The highest BCUT2D eigenvalue weighted by atomic mass is 16.3. The highest BCUT2D eigenvalue weighted by Crippen LogP contribution is 2.32. The van der Waals surface area contributed by atoms with Crippen LogP contribution in [0.5, 0.6) is 5.75 Å². The summed E-state index contributed by atoms with van der Waals surface area (Å²) in [6.07, 6.45) is 2.41. The Labute approximate surface area is 130 Å². The number of rotatable bonds is 2. The maximum absolute atomic E-state index is 12.6. The SMILES string of the molecule is Cc1ccc(O)cc1[C@@H]1CN[C@H](C(=O)N2CCC[C@H]2C#N)C1. The lowest BCUT2D eigenvalue weighted by Crippen LogP contribution is -2.45. The van der Waals surface area contributed by atoms with Gasteiger partial charge in [0.1, 0.15) is 11.8 Å². The zero-order valence-corrected chi connectivity index (χ0v) is 12.7. The predicted octanol–water partition coefficient (Wildman–Crippen LogP) is 1.66. The number of amides is 1. The van der Waals surface area contributed by atoms with Crippen LogP contribution in [0.2, 0.25) is 0 Å². The molecule has 1 amide bonds. The summed E-state index contributed by atoms with van der Waals surface area (Å²) >= 11 is 0. The lowest BCUT2D eigenvalue weighted by molar-refractivity contribution is -0.133. The van der Waals surface area contributed by atoms with Crippen LogP contribution in [-0.2, 0) is 4.79 Å². The third-order valence-corrected chi connectivity index (χ3v) is 4.82. The Hall–Kier alpha value is -2.06. The zero-order chi connectivity index (χ0) is 15.7. The summed E-state index contributed by atoms with van der Waals surface area (Å²) in [4.78, 5) is 14.3. The number of hydrogen-bond donors (Lipinski definition) is 2. The van der Waals surface area contributed by atoms with Gasteiger partial charge in [0.15, 0.2) is 0 Å². The second-order valence-corrected chi connectivity index (χ2v) is 6.25. The van der Waals surface area contributed by atoms with Crippen LogP contribution in [0, 0.1) is 18.3 Å². The molecule has 0 bridgehead atoms. The Morgan fingerprint density at radius 3 is 3.09 bits per heavy atom. The van der Waals surface area contributed by atoms with Gasteiger partial charge in [0, 0.05) is 13.1 Å². The minimum absolute atomic E-state index is 0.0457. The van der Waals surface area contributed by atoms with Crippen LogP contribution in [0.25, 0.3) is 0 Å². The van der Waals surface area contributed by atoms with Gasteiger partial charge in [-0.1, -0.05) is 6.07 Å². The van der Waals surface area contributed by atoms with Gasteiger partial charge >= 0.3 is 0 Å². The van der Waals surface area contributed by atoms with E-state index in [-0.39, 0.29) is 29.7 Å². The smallest absolute Gasteiger partial charge is 0.240 e. The van der Waals surface area contributed by atoms with E-state index in [0.717, 1.165) is 36.9 Å². The molecular weight excluding hydrogens is 278 g/mol. The first-order valence-electron chi connectivity index (χ1n) is 7.83. The summed E-state index contributed by atoms with van der Waals surface area (Å²) in [7, 11) is 0. The molecule has 2 aliphatic rings. The number of phenolic OH excluding ortho intramolecular Hbond substituents is 1. The van der Waals surface area contributed by atoms with Gasteiger partial charge < -0.3 is 15.3 Å². The van der Waals surface area contributed by atoms with E-state index in [1.807, 2.05) is 13.0 Å². The van der Waals surface area contributed by atoms with Gasteiger partial charge in [0.25, 0.3) is 0 Å². The summed E-state index contributed by atoms with van der Waals surface area (Å²) in [6, 6.07) is 7.12. The minimum atomic E-state index is -0.268. The lowest BCUT2D eigenvalue weighted by atomic mass is 9.92. The molecule has 0 saturated carbocycles. The molecule has 0 aromatic heterocycles. The first-order chi connectivity index (χ1) is 10.6. The number of nitriles is 1. The van der Waals surface area contributed by atoms with E-state index in [4.69, 9.17) is 5.26 Å². The molecule has 0 radical (unpaired) electrons. The van der Waals surface area contributed by atoms with Gasteiger partial charge in [-0.2, -0.15) is 5.26 Å². The third-order valence-electron chi connectivity index (χ3n) is 4.82. The number of hydrogen-bond acceptors (Lipinski definition) is 4. The fourth-order valence-electron chi connectivity index (χ4n) is 3.59. The van der Waals surface area contributed by atoms with Crippen LogP contribution in [0.15, 0.2) is 18.2 Å². The first-order valence-corrected chi connectivity index (χ1v) is 7.83. The van der Waals surface area contributed by atoms with Crippen LogP contribution in [0.1, 0.15) is 36.3 Å². The van der Waals surface area contributed by atoms with E-state index in [2.05, 4.69) is 11.4 Å². The van der Waals surface area contributed by atoms with E-state index < -0.39 is 0 Å². The molecule has 1 aromatic rings. The van der Waals surface area contributed by atoms with Gasteiger partial charge in [0.05, 0.1) is 12.1 Å². The fraction of sp³-hybridized carbons (Fsp3) is 0.529. The largest absolute Gasteiger partial charge is 0.508 e. The molecule has 2 saturated heterocycles. The molecule has 1 aromatic carbocycles. The van der Waals surface area contributed by atoms with Crippen molar-refractivity contribution in [1.29, 1.82) is 5.26 Å². The van der Waals surface area contributed by atoms with Crippen molar-refractivity contribution in [2.75, 3.05) is 13.1 Å². The summed E-state index contributed by atoms with van der Waals surface area (Å²) in [6.45, 7) is 3.44. The number of carbonyl (C=O) groups is 1. The van der Waals surface area contributed by atoms with E-state index in [9.17, 15) is 9.90 Å². The van der Waals surface area contributed by atoms with Crippen LogP contribution in [0.4, 0.5) is 0 Å². The molecular formula is C17H21N3O2. The standard InChI is InChI=1S/C17H21N3O2/c1-11-4-5-14(21)8-15(11)12-7-16(19-10-12)17(22)20-6-2-3-13(20)9-18/h4-5,8,12-13,16,19,21H,2-3,6-7,10H2,1H3/t12-,13-,16-/m0/s1. The molecule has 2 N–H and O–H groups in total. The molecule has 3 atom stereocenters. The van der Waals surface area contributed by atoms with Gasteiger partial charge in [-0.25, -0.2) is 0 Å².